The number of methoxy groups -OCH3 is 1. The fourth-order valence-electron chi connectivity index (χ4n) is 3.74. The van der Waals surface area contributed by atoms with Crippen molar-refractivity contribution in [3.05, 3.63) is 42.4 Å². The van der Waals surface area contributed by atoms with Gasteiger partial charge in [-0.3, -0.25) is 9.78 Å². The van der Waals surface area contributed by atoms with Crippen LogP contribution in [0.2, 0.25) is 0 Å². The molecule has 0 radical (unpaired) electrons. The standard InChI is InChI=1S/C22H25N5O2/c1-12-5-6-24-10-15(12)18-7-13-8-19(25-11-16(13)20(23)26-18)27-21(28)14-9-17(14)22(2,3)29-4/h5-8,10-11,14,17H,9H2,1-4H3,(H2,23,26)(H,25,27,28). The quantitative estimate of drug-likeness (QED) is 0.689. The van der Waals surface area contributed by atoms with Crippen LogP contribution in [0.15, 0.2) is 36.8 Å². The minimum atomic E-state index is -0.310. The number of anilines is 2. The van der Waals surface area contributed by atoms with Crippen molar-refractivity contribution < 1.29 is 9.53 Å². The van der Waals surface area contributed by atoms with Crippen molar-refractivity contribution in [3.8, 4) is 11.3 Å². The molecular formula is C22H25N5O2. The predicted molar refractivity (Wildman–Crippen MR) is 113 cm³/mol. The summed E-state index contributed by atoms with van der Waals surface area (Å²) in [6.45, 7) is 6.03. The van der Waals surface area contributed by atoms with Crippen molar-refractivity contribution in [2.24, 2.45) is 11.8 Å². The molecule has 1 saturated carbocycles. The second-order valence-electron chi connectivity index (χ2n) is 8.12. The van der Waals surface area contributed by atoms with E-state index in [9.17, 15) is 4.79 Å². The van der Waals surface area contributed by atoms with Crippen LogP contribution in [0.1, 0.15) is 25.8 Å². The SMILES string of the molecule is COC(C)(C)C1CC1C(=O)Nc1cc2cc(-c3cnccc3C)nc(N)c2cn1. The number of pyridine rings is 3. The number of aromatic nitrogens is 3. The van der Waals surface area contributed by atoms with E-state index in [0.717, 1.165) is 34.0 Å². The van der Waals surface area contributed by atoms with E-state index >= 15 is 0 Å². The van der Waals surface area contributed by atoms with Crippen molar-refractivity contribution in [1.82, 2.24) is 15.0 Å². The number of carbonyl (C=O) groups excluding carboxylic acids is 1. The zero-order valence-electron chi connectivity index (χ0n) is 17.1. The third-order valence-electron chi connectivity index (χ3n) is 5.86. The minimum Gasteiger partial charge on any atom is -0.383 e. The van der Waals surface area contributed by atoms with Crippen LogP contribution in [0.3, 0.4) is 0 Å². The first-order valence-corrected chi connectivity index (χ1v) is 9.63. The van der Waals surface area contributed by atoms with Crippen LogP contribution in [0.25, 0.3) is 22.0 Å². The molecule has 3 aromatic heterocycles. The van der Waals surface area contributed by atoms with Gasteiger partial charge in [0.05, 0.1) is 11.3 Å². The van der Waals surface area contributed by atoms with Crippen molar-refractivity contribution in [2.45, 2.75) is 32.8 Å². The summed E-state index contributed by atoms with van der Waals surface area (Å²) in [7, 11) is 1.68. The van der Waals surface area contributed by atoms with Crippen LogP contribution in [0, 0.1) is 18.8 Å². The Morgan fingerprint density at radius 1 is 1.31 bits per heavy atom. The molecule has 1 fully saturated rings. The molecule has 0 spiro atoms. The van der Waals surface area contributed by atoms with E-state index in [-0.39, 0.29) is 23.3 Å². The van der Waals surface area contributed by atoms with Gasteiger partial charge in [-0.1, -0.05) is 0 Å². The van der Waals surface area contributed by atoms with Crippen LogP contribution >= 0.6 is 0 Å². The van der Waals surface area contributed by atoms with Gasteiger partial charge in [0.25, 0.3) is 0 Å². The topological polar surface area (TPSA) is 103 Å². The molecule has 7 nitrogen and oxygen atoms in total. The Bertz CT molecular complexity index is 1100. The van der Waals surface area contributed by atoms with Crippen LogP contribution in [-0.2, 0) is 9.53 Å². The zero-order valence-corrected chi connectivity index (χ0v) is 17.1. The monoisotopic (exact) mass is 391 g/mol. The van der Waals surface area contributed by atoms with E-state index < -0.39 is 0 Å². The molecule has 3 heterocycles. The fraction of sp³-hybridized carbons (Fsp3) is 0.364. The average molecular weight is 391 g/mol. The molecule has 1 amide bonds. The van der Waals surface area contributed by atoms with E-state index in [1.165, 1.54) is 0 Å². The van der Waals surface area contributed by atoms with Gasteiger partial charge in [-0.25, -0.2) is 9.97 Å². The summed E-state index contributed by atoms with van der Waals surface area (Å²) in [4.78, 5) is 25.7. The lowest BCUT2D eigenvalue weighted by atomic mass is 10.0. The Hall–Kier alpha value is -3.06. The Balaban J connectivity index is 1.61. The Kier molecular flexibility index (Phi) is 4.70. The van der Waals surface area contributed by atoms with Crippen LogP contribution in [0.5, 0.6) is 0 Å². The number of aryl methyl sites for hydroxylation is 1. The number of nitrogens with zero attached hydrogens (tertiary/aromatic N) is 3. The van der Waals surface area contributed by atoms with E-state index in [2.05, 4.69) is 20.3 Å². The molecule has 0 aliphatic heterocycles. The molecule has 4 rings (SSSR count). The molecule has 29 heavy (non-hydrogen) atoms. The third kappa shape index (κ3) is 3.65. The molecule has 0 aromatic carbocycles. The molecule has 150 valence electrons. The smallest absolute Gasteiger partial charge is 0.229 e. The molecule has 3 N–H and O–H groups in total. The summed E-state index contributed by atoms with van der Waals surface area (Å²) in [5.74, 6) is 1.03. The largest absolute Gasteiger partial charge is 0.383 e. The van der Waals surface area contributed by atoms with Gasteiger partial charge in [0.15, 0.2) is 0 Å². The first-order valence-electron chi connectivity index (χ1n) is 9.63. The first kappa shape index (κ1) is 19.3. The van der Waals surface area contributed by atoms with Crippen molar-refractivity contribution in [1.29, 1.82) is 0 Å². The molecule has 0 bridgehead atoms. The molecule has 1 aliphatic rings. The number of rotatable bonds is 5. The van der Waals surface area contributed by atoms with E-state index in [1.807, 2.05) is 39.0 Å². The van der Waals surface area contributed by atoms with Crippen molar-refractivity contribution >= 4 is 28.3 Å². The highest BCUT2D eigenvalue weighted by molar-refractivity contribution is 5.98. The summed E-state index contributed by atoms with van der Waals surface area (Å²) in [6, 6.07) is 5.71. The van der Waals surface area contributed by atoms with Gasteiger partial charge in [0.1, 0.15) is 11.6 Å². The second-order valence-corrected chi connectivity index (χ2v) is 8.12. The number of fused-ring (bicyclic) bond motifs is 1. The van der Waals surface area contributed by atoms with Gasteiger partial charge in [-0.2, -0.15) is 0 Å². The maximum absolute atomic E-state index is 12.6. The van der Waals surface area contributed by atoms with Gasteiger partial charge < -0.3 is 15.8 Å². The summed E-state index contributed by atoms with van der Waals surface area (Å²) >= 11 is 0. The number of nitrogens with two attached hydrogens (primary N) is 1. The summed E-state index contributed by atoms with van der Waals surface area (Å²) < 4.78 is 5.51. The predicted octanol–water partition coefficient (Wildman–Crippen LogP) is 3.58. The Labute approximate surface area is 169 Å². The molecule has 2 atom stereocenters. The van der Waals surface area contributed by atoms with Crippen LogP contribution in [-0.4, -0.2) is 33.6 Å². The highest BCUT2D eigenvalue weighted by Gasteiger charge is 2.52. The number of amides is 1. The van der Waals surface area contributed by atoms with Gasteiger partial charge in [-0.15, -0.1) is 0 Å². The van der Waals surface area contributed by atoms with Crippen molar-refractivity contribution in [3.63, 3.8) is 0 Å². The van der Waals surface area contributed by atoms with Crippen LogP contribution in [0.4, 0.5) is 11.6 Å². The maximum atomic E-state index is 12.6. The van der Waals surface area contributed by atoms with Gasteiger partial charge in [0, 0.05) is 42.6 Å². The highest BCUT2D eigenvalue weighted by atomic mass is 16.5. The van der Waals surface area contributed by atoms with Gasteiger partial charge in [0.2, 0.25) is 5.91 Å². The molecule has 2 unspecified atom stereocenters. The lowest BCUT2D eigenvalue weighted by Crippen LogP contribution is -2.28. The van der Waals surface area contributed by atoms with E-state index in [4.69, 9.17) is 10.5 Å². The number of nitrogen functional groups attached to an aromatic ring is 1. The average Bonchev–Trinajstić information content (AvgIpc) is 3.50. The van der Waals surface area contributed by atoms with E-state index in [0.29, 0.717) is 11.6 Å². The minimum absolute atomic E-state index is 0.0302. The normalized spacial score (nSPS) is 18.6. The second kappa shape index (κ2) is 7.08. The van der Waals surface area contributed by atoms with Crippen molar-refractivity contribution in [2.75, 3.05) is 18.2 Å². The number of carbonyl (C=O) groups is 1. The molecule has 0 saturated heterocycles. The number of hydrogen-bond acceptors (Lipinski definition) is 6. The van der Waals surface area contributed by atoms with E-state index in [1.54, 1.807) is 25.7 Å². The van der Waals surface area contributed by atoms with Gasteiger partial charge >= 0.3 is 0 Å². The zero-order chi connectivity index (χ0) is 20.8. The lowest BCUT2D eigenvalue weighted by molar-refractivity contribution is -0.118. The first-order chi connectivity index (χ1) is 13.8. The number of ether oxygens (including phenoxy) is 1. The number of hydrogen-bond donors (Lipinski definition) is 2. The summed E-state index contributed by atoms with van der Waals surface area (Å²) in [6.07, 6.45) is 5.99. The van der Waals surface area contributed by atoms with Crippen LogP contribution < -0.4 is 11.1 Å². The molecular weight excluding hydrogens is 366 g/mol. The Morgan fingerprint density at radius 3 is 2.83 bits per heavy atom. The summed E-state index contributed by atoms with van der Waals surface area (Å²) in [5, 5.41) is 4.55. The van der Waals surface area contributed by atoms with Gasteiger partial charge in [-0.05, 0) is 62.3 Å². The highest BCUT2D eigenvalue weighted by Crippen LogP contribution is 2.48. The molecule has 7 heteroatoms. The Morgan fingerprint density at radius 2 is 2.10 bits per heavy atom. The number of nitrogens with one attached hydrogen (secondary N) is 1. The summed E-state index contributed by atoms with van der Waals surface area (Å²) in [5.41, 5.74) is 8.58. The molecule has 1 aliphatic carbocycles. The fourth-order valence-corrected chi connectivity index (χ4v) is 3.74. The lowest BCUT2D eigenvalue weighted by Gasteiger charge is -2.22. The third-order valence-corrected chi connectivity index (χ3v) is 5.86. The molecule has 3 aromatic rings. The maximum Gasteiger partial charge on any atom is 0.229 e.